The number of hydrogen-bond acceptors (Lipinski definition) is 2. The number of likely N-dealkylation sites (tertiary alicyclic amines) is 1. The van der Waals surface area contributed by atoms with Gasteiger partial charge >= 0.3 is 6.03 Å². The fourth-order valence-corrected chi connectivity index (χ4v) is 2.75. The van der Waals surface area contributed by atoms with Crippen LogP contribution in [0.25, 0.3) is 5.69 Å². The van der Waals surface area contributed by atoms with Crippen LogP contribution >= 0.6 is 0 Å². The zero-order chi connectivity index (χ0) is 14.8. The maximum absolute atomic E-state index is 12.3. The molecule has 1 N–H and O–H groups in total. The van der Waals surface area contributed by atoms with Gasteiger partial charge in [-0.15, -0.1) is 0 Å². The molecule has 2 amide bonds. The zero-order valence-corrected chi connectivity index (χ0v) is 12.5. The number of amides is 2. The van der Waals surface area contributed by atoms with Crippen LogP contribution in [0.15, 0.2) is 30.3 Å². The monoisotopic (exact) mass is 284 g/mol. The number of benzene rings is 1. The van der Waals surface area contributed by atoms with Crippen LogP contribution in [-0.4, -0.2) is 33.8 Å². The van der Waals surface area contributed by atoms with Gasteiger partial charge in [0.05, 0.1) is 17.1 Å². The van der Waals surface area contributed by atoms with Crippen LogP contribution in [0.3, 0.4) is 0 Å². The third-order valence-electron chi connectivity index (χ3n) is 3.78. The molecule has 1 aliphatic heterocycles. The summed E-state index contributed by atoms with van der Waals surface area (Å²) in [7, 11) is 0. The van der Waals surface area contributed by atoms with Crippen molar-refractivity contribution >= 4 is 11.7 Å². The normalized spacial score (nSPS) is 14.5. The minimum absolute atomic E-state index is 0.0264. The van der Waals surface area contributed by atoms with E-state index in [2.05, 4.69) is 10.4 Å². The summed E-state index contributed by atoms with van der Waals surface area (Å²) in [6, 6.07) is 9.77. The van der Waals surface area contributed by atoms with E-state index in [1.807, 2.05) is 53.8 Å². The molecular weight excluding hydrogens is 264 g/mol. The quantitative estimate of drug-likeness (QED) is 0.921. The third-order valence-corrected chi connectivity index (χ3v) is 3.78. The smallest absolute Gasteiger partial charge is 0.321 e. The van der Waals surface area contributed by atoms with E-state index in [-0.39, 0.29) is 6.03 Å². The molecule has 110 valence electrons. The summed E-state index contributed by atoms with van der Waals surface area (Å²) in [6.07, 6.45) is 2.18. The van der Waals surface area contributed by atoms with E-state index >= 15 is 0 Å². The summed E-state index contributed by atoms with van der Waals surface area (Å²) in [4.78, 5) is 14.1. The lowest BCUT2D eigenvalue weighted by atomic mass is 10.2. The molecule has 1 aromatic heterocycles. The molecule has 0 aliphatic carbocycles. The number of carbonyl (C=O) groups excluding carboxylic acids is 1. The molecule has 0 bridgehead atoms. The van der Waals surface area contributed by atoms with Crippen molar-refractivity contribution in [2.75, 3.05) is 18.4 Å². The first kappa shape index (κ1) is 13.7. The number of para-hydroxylation sites is 2. The molecule has 2 heterocycles. The number of urea groups is 1. The number of rotatable bonds is 2. The molecule has 1 saturated heterocycles. The standard InChI is InChI=1S/C16H20N4O/c1-12-11-13(2)20(18-12)15-8-4-3-7-14(15)17-16(21)19-9-5-6-10-19/h3-4,7-8,11H,5-6,9-10H2,1-2H3,(H,17,21). The van der Waals surface area contributed by atoms with Gasteiger partial charge < -0.3 is 10.2 Å². The van der Waals surface area contributed by atoms with Gasteiger partial charge in [-0.25, -0.2) is 9.48 Å². The molecule has 1 aliphatic rings. The van der Waals surface area contributed by atoms with Crippen LogP contribution in [0.1, 0.15) is 24.2 Å². The Kier molecular flexibility index (Phi) is 3.64. The Morgan fingerprint density at radius 3 is 2.57 bits per heavy atom. The second kappa shape index (κ2) is 5.60. The molecule has 2 aromatic rings. The molecule has 0 saturated carbocycles. The first-order valence-electron chi connectivity index (χ1n) is 7.34. The Morgan fingerprint density at radius 2 is 1.90 bits per heavy atom. The van der Waals surface area contributed by atoms with Crippen LogP contribution < -0.4 is 5.32 Å². The van der Waals surface area contributed by atoms with Crippen molar-refractivity contribution < 1.29 is 4.79 Å². The van der Waals surface area contributed by atoms with Gasteiger partial charge in [-0.1, -0.05) is 12.1 Å². The van der Waals surface area contributed by atoms with Crippen LogP contribution in [0, 0.1) is 13.8 Å². The van der Waals surface area contributed by atoms with Gasteiger partial charge in [-0.3, -0.25) is 0 Å². The van der Waals surface area contributed by atoms with Crippen molar-refractivity contribution in [1.82, 2.24) is 14.7 Å². The second-order valence-corrected chi connectivity index (χ2v) is 5.48. The van der Waals surface area contributed by atoms with Gasteiger partial charge in [-0.2, -0.15) is 5.10 Å². The van der Waals surface area contributed by atoms with Crippen molar-refractivity contribution in [3.8, 4) is 5.69 Å². The number of hydrogen-bond donors (Lipinski definition) is 1. The maximum atomic E-state index is 12.3. The fraction of sp³-hybridized carbons (Fsp3) is 0.375. The highest BCUT2D eigenvalue weighted by atomic mass is 16.2. The molecule has 5 heteroatoms. The molecule has 0 atom stereocenters. The predicted molar refractivity (Wildman–Crippen MR) is 82.9 cm³/mol. The van der Waals surface area contributed by atoms with Gasteiger partial charge in [0.15, 0.2) is 0 Å². The Bertz CT molecular complexity index is 656. The van der Waals surface area contributed by atoms with E-state index in [0.717, 1.165) is 48.7 Å². The van der Waals surface area contributed by atoms with E-state index in [0.29, 0.717) is 0 Å². The van der Waals surface area contributed by atoms with Crippen molar-refractivity contribution in [2.45, 2.75) is 26.7 Å². The highest BCUT2D eigenvalue weighted by Crippen LogP contribution is 2.22. The predicted octanol–water partition coefficient (Wildman–Crippen LogP) is 3.12. The van der Waals surface area contributed by atoms with Gasteiger partial charge in [0, 0.05) is 18.8 Å². The van der Waals surface area contributed by atoms with Crippen LogP contribution in [0.2, 0.25) is 0 Å². The van der Waals surface area contributed by atoms with Crippen LogP contribution in [0.5, 0.6) is 0 Å². The zero-order valence-electron chi connectivity index (χ0n) is 12.5. The largest absolute Gasteiger partial charge is 0.325 e. The lowest BCUT2D eigenvalue weighted by molar-refractivity contribution is 0.222. The van der Waals surface area contributed by atoms with Crippen molar-refractivity contribution in [3.05, 3.63) is 41.7 Å². The van der Waals surface area contributed by atoms with E-state index in [9.17, 15) is 4.79 Å². The summed E-state index contributed by atoms with van der Waals surface area (Å²) in [6.45, 7) is 5.66. The van der Waals surface area contributed by atoms with Gasteiger partial charge in [-0.05, 0) is 44.9 Å². The topological polar surface area (TPSA) is 50.2 Å². The highest BCUT2D eigenvalue weighted by Gasteiger charge is 2.19. The molecule has 0 radical (unpaired) electrons. The third kappa shape index (κ3) is 2.77. The van der Waals surface area contributed by atoms with Gasteiger partial charge in [0.25, 0.3) is 0 Å². The highest BCUT2D eigenvalue weighted by molar-refractivity contribution is 5.91. The van der Waals surface area contributed by atoms with Crippen LogP contribution in [-0.2, 0) is 0 Å². The Balaban J connectivity index is 1.89. The lowest BCUT2D eigenvalue weighted by Gasteiger charge is -2.18. The number of aryl methyl sites for hydroxylation is 2. The maximum Gasteiger partial charge on any atom is 0.321 e. The van der Waals surface area contributed by atoms with E-state index in [1.54, 1.807) is 0 Å². The minimum atomic E-state index is -0.0264. The van der Waals surface area contributed by atoms with Gasteiger partial charge in [0.2, 0.25) is 0 Å². The number of nitrogens with one attached hydrogen (secondary N) is 1. The average Bonchev–Trinajstić information content (AvgIpc) is 3.09. The molecule has 5 nitrogen and oxygen atoms in total. The second-order valence-electron chi connectivity index (χ2n) is 5.48. The number of carbonyl (C=O) groups is 1. The number of nitrogens with zero attached hydrogens (tertiary/aromatic N) is 3. The Hall–Kier alpha value is -2.30. The Morgan fingerprint density at radius 1 is 1.19 bits per heavy atom. The minimum Gasteiger partial charge on any atom is -0.325 e. The SMILES string of the molecule is Cc1cc(C)n(-c2ccccc2NC(=O)N2CCCC2)n1. The van der Waals surface area contributed by atoms with E-state index in [1.165, 1.54) is 0 Å². The van der Waals surface area contributed by atoms with E-state index in [4.69, 9.17) is 0 Å². The first-order valence-corrected chi connectivity index (χ1v) is 7.34. The molecule has 0 spiro atoms. The molecular formula is C16H20N4O. The first-order chi connectivity index (χ1) is 10.1. The molecule has 1 aromatic carbocycles. The molecule has 1 fully saturated rings. The molecule has 3 rings (SSSR count). The van der Waals surface area contributed by atoms with Crippen molar-refractivity contribution in [1.29, 1.82) is 0 Å². The lowest BCUT2D eigenvalue weighted by Crippen LogP contribution is -2.32. The number of anilines is 1. The molecule has 21 heavy (non-hydrogen) atoms. The summed E-state index contributed by atoms with van der Waals surface area (Å²) in [5.41, 5.74) is 3.71. The van der Waals surface area contributed by atoms with E-state index < -0.39 is 0 Å². The average molecular weight is 284 g/mol. The summed E-state index contributed by atoms with van der Waals surface area (Å²) < 4.78 is 1.87. The summed E-state index contributed by atoms with van der Waals surface area (Å²) in [5, 5.41) is 7.51. The number of aromatic nitrogens is 2. The van der Waals surface area contributed by atoms with Crippen LogP contribution in [0.4, 0.5) is 10.5 Å². The van der Waals surface area contributed by atoms with Crippen molar-refractivity contribution in [2.24, 2.45) is 0 Å². The summed E-state index contributed by atoms with van der Waals surface area (Å²) in [5.74, 6) is 0. The Labute approximate surface area is 124 Å². The van der Waals surface area contributed by atoms with Crippen molar-refractivity contribution in [3.63, 3.8) is 0 Å². The van der Waals surface area contributed by atoms with Gasteiger partial charge in [0.1, 0.15) is 0 Å². The summed E-state index contributed by atoms with van der Waals surface area (Å²) >= 11 is 0. The fourth-order valence-electron chi connectivity index (χ4n) is 2.75. The molecule has 0 unspecified atom stereocenters.